The highest BCUT2D eigenvalue weighted by Gasteiger charge is 2.22. The molecular formula is C11H15FN4O. The van der Waals surface area contributed by atoms with Gasteiger partial charge >= 0.3 is 0 Å². The van der Waals surface area contributed by atoms with Crippen LogP contribution in [0.1, 0.15) is 25.7 Å². The lowest BCUT2D eigenvalue weighted by molar-refractivity contribution is -0.121. The Bertz CT molecular complexity index is 395. The molecule has 0 aromatic carbocycles. The first kappa shape index (κ1) is 11.8. The topological polar surface area (TPSA) is 66.9 Å². The summed E-state index contributed by atoms with van der Waals surface area (Å²) in [6.45, 7) is 0.592. The average Bonchev–Trinajstić information content (AvgIpc) is 3.08. The lowest BCUT2D eigenvalue weighted by Gasteiger charge is -2.05. The fourth-order valence-corrected chi connectivity index (χ4v) is 1.42. The molecule has 0 bridgehead atoms. The minimum absolute atomic E-state index is 0.0863. The maximum atomic E-state index is 12.7. The first-order chi connectivity index (χ1) is 8.24. The van der Waals surface area contributed by atoms with Crippen LogP contribution >= 0.6 is 0 Å². The first-order valence-corrected chi connectivity index (χ1v) is 5.75. The number of nitrogens with one attached hydrogen (secondary N) is 2. The molecule has 0 aliphatic heterocycles. The monoisotopic (exact) mass is 238 g/mol. The number of anilines is 1. The van der Waals surface area contributed by atoms with Gasteiger partial charge in [0.15, 0.2) is 0 Å². The molecule has 0 atom stereocenters. The van der Waals surface area contributed by atoms with Crippen molar-refractivity contribution in [2.45, 2.75) is 31.7 Å². The zero-order valence-electron chi connectivity index (χ0n) is 9.45. The van der Waals surface area contributed by atoms with Crippen LogP contribution in [0.15, 0.2) is 12.4 Å². The molecule has 1 aromatic heterocycles. The Labute approximate surface area is 98.8 Å². The van der Waals surface area contributed by atoms with E-state index in [2.05, 4.69) is 20.6 Å². The van der Waals surface area contributed by atoms with Crippen molar-refractivity contribution in [3.05, 3.63) is 18.3 Å². The second-order valence-corrected chi connectivity index (χ2v) is 4.10. The molecule has 0 unspecified atom stereocenters. The van der Waals surface area contributed by atoms with Gasteiger partial charge in [-0.15, -0.1) is 0 Å². The van der Waals surface area contributed by atoms with Gasteiger partial charge in [0, 0.05) is 25.1 Å². The van der Waals surface area contributed by atoms with Crippen LogP contribution in [0.5, 0.6) is 0 Å². The number of rotatable bonds is 6. The normalized spacial score (nSPS) is 14.4. The Hall–Kier alpha value is -1.72. The predicted molar refractivity (Wildman–Crippen MR) is 60.9 cm³/mol. The Morgan fingerprint density at radius 1 is 1.47 bits per heavy atom. The molecule has 0 saturated heterocycles. The molecule has 0 radical (unpaired) electrons. The van der Waals surface area contributed by atoms with Gasteiger partial charge in [-0.05, 0) is 19.3 Å². The summed E-state index contributed by atoms with van der Waals surface area (Å²) in [6, 6.07) is 1.64. The van der Waals surface area contributed by atoms with Crippen LogP contribution in [0.2, 0.25) is 0 Å². The zero-order chi connectivity index (χ0) is 12.1. The van der Waals surface area contributed by atoms with Crippen molar-refractivity contribution in [3.8, 4) is 0 Å². The van der Waals surface area contributed by atoms with Crippen LogP contribution < -0.4 is 10.6 Å². The molecule has 0 spiro atoms. The van der Waals surface area contributed by atoms with Gasteiger partial charge in [-0.1, -0.05) is 0 Å². The molecule has 2 N–H and O–H groups in total. The molecule has 1 heterocycles. The fraction of sp³-hybridized carbons (Fsp3) is 0.545. The molecule has 6 heteroatoms. The first-order valence-electron chi connectivity index (χ1n) is 5.75. The van der Waals surface area contributed by atoms with Crippen LogP contribution in [0.4, 0.5) is 10.2 Å². The van der Waals surface area contributed by atoms with E-state index in [1.807, 2.05) is 0 Å². The lowest BCUT2D eigenvalue weighted by Crippen LogP contribution is -2.25. The van der Waals surface area contributed by atoms with E-state index in [0.717, 1.165) is 19.2 Å². The number of hydrogen-bond acceptors (Lipinski definition) is 4. The van der Waals surface area contributed by atoms with E-state index in [9.17, 15) is 9.18 Å². The summed E-state index contributed by atoms with van der Waals surface area (Å²) in [6.07, 6.45) is 4.55. The number of halogens is 1. The molecule has 1 fully saturated rings. The number of nitrogens with zero attached hydrogens (tertiary/aromatic N) is 2. The zero-order valence-corrected chi connectivity index (χ0v) is 9.45. The van der Waals surface area contributed by atoms with Crippen LogP contribution in [0, 0.1) is 5.95 Å². The second kappa shape index (κ2) is 5.56. The summed E-state index contributed by atoms with van der Waals surface area (Å²) in [5.41, 5.74) is 0. The van der Waals surface area contributed by atoms with Gasteiger partial charge in [0.1, 0.15) is 12.1 Å². The van der Waals surface area contributed by atoms with Crippen molar-refractivity contribution in [1.82, 2.24) is 15.3 Å². The third-order valence-electron chi connectivity index (χ3n) is 2.46. The molecule has 17 heavy (non-hydrogen) atoms. The number of hydrogen-bond donors (Lipinski definition) is 2. The summed E-state index contributed by atoms with van der Waals surface area (Å²) in [4.78, 5) is 18.5. The summed E-state index contributed by atoms with van der Waals surface area (Å²) in [5.74, 6) is -0.0303. The van der Waals surface area contributed by atoms with Crippen molar-refractivity contribution in [2.75, 3.05) is 11.9 Å². The smallest absolute Gasteiger partial charge is 0.220 e. The molecule has 1 aliphatic carbocycles. The summed E-state index contributed by atoms with van der Waals surface area (Å²) in [5, 5.41) is 5.85. The number of aromatic nitrogens is 2. The average molecular weight is 238 g/mol. The molecule has 5 nitrogen and oxygen atoms in total. The Morgan fingerprint density at radius 3 is 3.00 bits per heavy atom. The van der Waals surface area contributed by atoms with E-state index in [1.54, 1.807) is 0 Å². The summed E-state index contributed by atoms with van der Waals surface area (Å²) in [7, 11) is 0. The maximum Gasteiger partial charge on any atom is 0.220 e. The number of carbonyl (C=O) groups excluding carboxylic acids is 1. The highest BCUT2D eigenvalue weighted by Crippen LogP contribution is 2.18. The van der Waals surface area contributed by atoms with E-state index in [4.69, 9.17) is 0 Å². The van der Waals surface area contributed by atoms with Gasteiger partial charge in [0.2, 0.25) is 11.9 Å². The Balaban J connectivity index is 1.60. The highest BCUT2D eigenvalue weighted by atomic mass is 19.1. The largest absolute Gasteiger partial charge is 0.370 e. The Kier molecular flexibility index (Phi) is 3.85. The van der Waals surface area contributed by atoms with Gasteiger partial charge in [-0.25, -0.2) is 9.97 Å². The lowest BCUT2D eigenvalue weighted by atomic mass is 10.3. The van der Waals surface area contributed by atoms with E-state index in [1.165, 1.54) is 6.07 Å². The standard InChI is InChI=1S/C11H15FN4O/c12-9-6-10(15-7-14-9)13-5-1-2-11(17)16-8-3-4-8/h6-8H,1-5H2,(H,16,17)(H,13,14,15). The quantitative estimate of drug-likeness (QED) is 0.575. The number of carbonyl (C=O) groups is 1. The van der Waals surface area contributed by atoms with Gasteiger partial charge in [-0.3, -0.25) is 4.79 Å². The van der Waals surface area contributed by atoms with E-state index < -0.39 is 5.95 Å². The minimum Gasteiger partial charge on any atom is -0.370 e. The van der Waals surface area contributed by atoms with Crippen molar-refractivity contribution in [1.29, 1.82) is 0 Å². The molecule has 1 aromatic rings. The van der Waals surface area contributed by atoms with Crippen LogP contribution in [0.25, 0.3) is 0 Å². The molecule has 1 saturated carbocycles. The Morgan fingerprint density at radius 2 is 2.29 bits per heavy atom. The van der Waals surface area contributed by atoms with Gasteiger partial charge in [-0.2, -0.15) is 4.39 Å². The molecule has 2 rings (SSSR count). The van der Waals surface area contributed by atoms with E-state index in [-0.39, 0.29) is 5.91 Å². The van der Waals surface area contributed by atoms with Crippen molar-refractivity contribution < 1.29 is 9.18 Å². The predicted octanol–water partition coefficient (Wildman–Crippen LogP) is 1.09. The fourth-order valence-electron chi connectivity index (χ4n) is 1.42. The summed E-state index contributed by atoms with van der Waals surface area (Å²) < 4.78 is 12.7. The van der Waals surface area contributed by atoms with Crippen LogP contribution in [-0.2, 0) is 4.79 Å². The van der Waals surface area contributed by atoms with Gasteiger partial charge in [0.05, 0.1) is 0 Å². The molecule has 1 amide bonds. The van der Waals surface area contributed by atoms with Crippen molar-refractivity contribution in [2.24, 2.45) is 0 Å². The second-order valence-electron chi connectivity index (χ2n) is 4.10. The van der Waals surface area contributed by atoms with Crippen molar-refractivity contribution >= 4 is 11.7 Å². The third-order valence-corrected chi connectivity index (χ3v) is 2.46. The van der Waals surface area contributed by atoms with Gasteiger partial charge in [0.25, 0.3) is 0 Å². The third kappa shape index (κ3) is 4.34. The van der Waals surface area contributed by atoms with E-state index >= 15 is 0 Å². The number of amides is 1. The highest BCUT2D eigenvalue weighted by molar-refractivity contribution is 5.76. The van der Waals surface area contributed by atoms with E-state index in [0.29, 0.717) is 31.2 Å². The maximum absolute atomic E-state index is 12.7. The van der Waals surface area contributed by atoms with Crippen LogP contribution in [-0.4, -0.2) is 28.5 Å². The summed E-state index contributed by atoms with van der Waals surface area (Å²) >= 11 is 0. The SMILES string of the molecule is O=C(CCCNc1cc(F)ncn1)NC1CC1. The van der Waals surface area contributed by atoms with Crippen LogP contribution in [0.3, 0.4) is 0 Å². The molecule has 92 valence electrons. The molecule has 1 aliphatic rings. The van der Waals surface area contributed by atoms with Crippen molar-refractivity contribution in [3.63, 3.8) is 0 Å². The molecular weight excluding hydrogens is 223 g/mol. The minimum atomic E-state index is -0.561. The van der Waals surface area contributed by atoms with Gasteiger partial charge < -0.3 is 10.6 Å².